The van der Waals surface area contributed by atoms with E-state index in [0.29, 0.717) is 0 Å². The van der Waals surface area contributed by atoms with Crippen molar-refractivity contribution in [3.63, 3.8) is 0 Å². The van der Waals surface area contributed by atoms with Gasteiger partial charge in [-0.15, -0.1) is 0 Å². The van der Waals surface area contributed by atoms with Crippen LogP contribution in [0.25, 0.3) is 0 Å². The Hall–Kier alpha value is -1.06. The summed E-state index contributed by atoms with van der Waals surface area (Å²) >= 11 is 0. The molecule has 1 saturated carbocycles. The van der Waals surface area contributed by atoms with Crippen LogP contribution in [-0.4, -0.2) is 44.4 Å². The highest BCUT2D eigenvalue weighted by atomic mass is 16.5. The first kappa shape index (κ1) is 15.8. The van der Waals surface area contributed by atoms with Gasteiger partial charge in [-0.3, -0.25) is 4.90 Å². The number of aryl methyl sites for hydroxylation is 3. The maximum atomic E-state index is 6.16. The van der Waals surface area contributed by atoms with Gasteiger partial charge in [-0.05, 0) is 63.1 Å². The molecule has 3 heteroatoms. The molecule has 1 aliphatic heterocycles. The molecule has 0 spiro atoms. The Morgan fingerprint density at radius 3 is 2.68 bits per heavy atom. The Bertz CT molecular complexity index is 490. The zero-order chi connectivity index (χ0) is 15.4. The van der Waals surface area contributed by atoms with Crippen LogP contribution in [0.15, 0.2) is 12.1 Å². The van der Waals surface area contributed by atoms with Crippen molar-refractivity contribution in [3.8, 4) is 5.75 Å². The van der Waals surface area contributed by atoms with Crippen LogP contribution in [0.2, 0.25) is 0 Å². The molecule has 0 atom stereocenters. The summed E-state index contributed by atoms with van der Waals surface area (Å²) in [5.74, 6) is 1.96. The topological polar surface area (TPSA) is 21.7 Å². The number of morpholine rings is 1. The van der Waals surface area contributed by atoms with Crippen LogP contribution in [0, 0.1) is 19.8 Å². The second kappa shape index (κ2) is 7.47. The lowest BCUT2D eigenvalue weighted by Gasteiger charge is -2.26. The Morgan fingerprint density at radius 1 is 1.18 bits per heavy atom. The Balaban J connectivity index is 1.57. The minimum Gasteiger partial charge on any atom is -0.493 e. The number of benzene rings is 1. The fourth-order valence-electron chi connectivity index (χ4n) is 3.24. The van der Waals surface area contributed by atoms with Gasteiger partial charge in [0.05, 0.1) is 19.8 Å². The molecule has 0 amide bonds. The summed E-state index contributed by atoms with van der Waals surface area (Å²) in [6.07, 6.45) is 5.00. The molecule has 0 aromatic heterocycles. The van der Waals surface area contributed by atoms with Crippen molar-refractivity contribution in [2.24, 2.45) is 5.92 Å². The first-order chi connectivity index (χ1) is 10.7. The molecular formula is C19H29NO2. The summed E-state index contributed by atoms with van der Waals surface area (Å²) in [5.41, 5.74) is 4.03. The third kappa shape index (κ3) is 4.47. The van der Waals surface area contributed by atoms with Gasteiger partial charge in [-0.1, -0.05) is 17.7 Å². The zero-order valence-corrected chi connectivity index (χ0v) is 14.1. The standard InChI is InChI=1S/C19H29NO2/c1-15-12-16(2)19(22-14-17-5-6-17)18(13-15)4-3-7-20-8-10-21-11-9-20/h12-13,17H,3-11,14H2,1-2H3. The molecular weight excluding hydrogens is 274 g/mol. The molecule has 1 aromatic rings. The molecule has 2 aliphatic rings. The molecule has 1 saturated heterocycles. The molecule has 3 rings (SSSR count). The van der Waals surface area contributed by atoms with Crippen LogP contribution in [0.5, 0.6) is 5.75 Å². The van der Waals surface area contributed by atoms with Gasteiger partial charge in [0.25, 0.3) is 0 Å². The van der Waals surface area contributed by atoms with E-state index in [2.05, 4.69) is 30.9 Å². The van der Waals surface area contributed by atoms with Crippen molar-refractivity contribution in [1.82, 2.24) is 4.90 Å². The molecule has 1 heterocycles. The molecule has 22 heavy (non-hydrogen) atoms. The van der Waals surface area contributed by atoms with E-state index in [-0.39, 0.29) is 0 Å². The summed E-state index contributed by atoms with van der Waals surface area (Å²) in [7, 11) is 0. The molecule has 0 radical (unpaired) electrons. The third-order valence-electron chi connectivity index (χ3n) is 4.68. The molecule has 2 fully saturated rings. The van der Waals surface area contributed by atoms with E-state index in [1.807, 2.05) is 0 Å². The first-order valence-corrected chi connectivity index (χ1v) is 8.75. The molecule has 122 valence electrons. The summed E-state index contributed by atoms with van der Waals surface area (Å²) in [5, 5.41) is 0. The van der Waals surface area contributed by atoms with E-state index >= 15 is 0 Å². The normalized spacial score (nSPS) is 19.4. The van der Waals surface area contributed by atoms with Gasteiger partial charge in [0.1, 0.15) is 5.75 Å². The van der Waals surface area contributed by atoms with E-state index < -0.39 is 0 Å². The molecule has 0 bridgehead atoms. The maximum Gasteiger partial charge on any atom is 0.125 e. The van der Waals surface area contributed by atoms with Gasteiger partial charge >= 0.3 is 0 Å². The van der Waals surface area contributed by atoms with Gasteiger partial charge in [-0.25, -0.2) is 0 Å². The lowest BCUT2D eigenvalue weighted by atomic mass is 10.0. The van der Waals surface area contributed by atoms with Crippen LogP contribution < -0.4 is 4.74 Å². The van der Waals surface area contributed by atoms with E-state index in [4.69, 9.17) is 9.47 Å². The minimum atomic E-state index is 0.807. The summed E-state index contributed by atoms with van der Waals surface area (Å²) in [4.78, 5) is 2.51. The predicted molar refractivity (Wildman–Crippen MR) is 89.7 cm³/mol. The Kier molecular flexibility index (Phi) is 5.37. The largest absolute Gasteiger partial charge is 0.493 e. The maximum absolute atomic E-state index is 6.16. The van der Waals surface area contributed by atoms with Crippen LogP contribution in [0.1, 0.15) is 36.0 Å². The van der Waals surface area contributed by atoms with Gasteiger partial charge < -0.3 is 9.47 Å². The fraction of sp³-hybridized carbons (Fsp3) is 0.684. The monoisotopic (exact) mass is 303 g/mol. The van der Waals surface area contributed by atoms with E-state index in [1.165, 1.54) is 42.5 Å². The molecule has 1 aliphatic carbocycles. The van der Waals surface area contributed by atoms with E-state index in [9.17, 15) is 0 Å². The molecule has 0 unspecified atom stereocenters. The molecule has 1 aromatic carbocycles. The van der Waals surface area contributed by atoms with Crippen molar-refractivity contribution >= 4 is 0 Å². The van der Waals surface area contributed by atoms with Crippen molar-refractivity contribution in [1.29, 1.82) is 0 Å². The van der Waals surface area contributed by atoms with Crippen LogP contribution >= 0.6 is 0 Å². The minimum absolute atomic E-state index is 0.807. The highest BCUT2D eigenvalue weighted by molar-refractivity contribution is 5.44. The van der Waals surface area contributed by atoms with Crippen molar-refractivity contribution < 1.29 is 9.47 Å². The second-order valence-electron chi connectivity index (χ2n) is 6.88. The third-order valence-corrected chi connectivity index (χ3v) is 4.68. The predicted octanol–water partition coefficient (Wildman–Crippen LogP) is 3.36. The average Bonchev–Trinajstić information content (AvgIpc) is 3.31. The van der Waals surface area contributed by atoms with Crippen molar-refractivity contribution in [3.05, 3.63) is 28.8 Å². The van der Waals surface area contributed by atoms with Crippen LogP contribution in [0.3, 0.4) is 0 Å². The van der Waals surface area contributed by atoms with Crippen LogP contribution in [-0.2, 0) is 11.2 Å². The quantitative estimate of drug-likeness (QED) is 0.771. The van der Waals surface area contributed by atoms with Crippen LogP contribution in [0.4, 0.5) is 0 Å². The smallest absolute Gasteiger partial charge is 0.125 e. The lowest BCUT2D eigenvalue weighted by molar-refractivity contribution is 0.0374. The first-order valence-electron chi connectivity index (χ1n) is 8.75. The van der Waals surface area contributed by atoms with Crippen molar-refractivity contribution in [2.45, 2.75) is 39.5 Å². The number of nitrogens with zero attached hydrogens (tertiary/aromatic N) is 1. The number of hydrogen-bond donors (Lipinski definition) is 0. The molecule has 0 N–H and O–H groups in total. The fourth-order valence-corrected chi connectivity index (χ4v) is 3.24. The Labute approximate surface area is 134 Å². The lowest BCUT2D eigenvalue weighted by Crippen LogP contribution is -2.36. The highest BCUT2D eigenvalue weighted by Crippen LogP contribution is 2.32. The highest BCUT2D eigenvalue weighted by Gasteiger charge is 2.23. The average molecular weight is 303 g/mol. The number of hydrogen-bond acceptors (Lipinski definition) is 3. The summed E-state index contributed by atoms with van der Waals surface area (Å²) < 4.78 is 11.6. The van der Waals surface area contributed by atoms with E-state index in [1.54, 1.807) is 0 Å². The van der Waals surface area contributed by atoms with Gasteiger partial charge in [-0.2, -0.15) is 0 Å². The number of rotatable bonds is 7. The number of ether oxygens (including phenoxy) is 2. The summed E-state index contributed by atoms with van der Waals surface area (Å²) in [6.45, 7) is 10.4. The SMILES string of the molecule is Cc1cc(C)c(OCC2CC2)c(CCCN2CCOCC2)c1. The van der Waals surface area contributed by atoms with Crippen molar-refractivity contribution in [2.75, 3.05) is 39.5 Å². The van der Waals surface area contributed by atoms with Gasteiger partial charge in [0.2, 0.25) is 0 Å². The molecule has 3 nitrogen and oxygen atoms in total. The second-order valence-corrected chi connectivity index (χ2v) is 6.88. The van der Waals surface area contributed by atoms with Gasteiger partial charge in [0.15, 0.2) is 0 Å². The summed E-state index contributed by atoms with van der Waals surface area (Å²) in [6, 6.07) is 4.56. The zero-order valence-electron chi connectivity index (χ0n) is 14.1. The Morgan fingerprint density at radius 2 is 1.95 bits per heavy atom. The van der Waals surface area contributed by atoms with Gasteiger partial charge in [0, 0.05) is 13.1 Å². The van der Waals surface area contributed by atoms with E-state index in [0.717, 1.165) is 51.0 Å².